The molecule has 1 aromatic carbocycles. The minimum absolute atomic E-state index is 0.395. The Hall–Kier alpha value is -2.99. The number of aromatic nitrogens is 2. The van der Waals surface area contributed by atoms with Crippen LogP contribution in [0.1, 0.15) is 44.6 Å². The number of likely N-dealkylation sites (tertiary alicyclic amines) is 1. The van der Waals surface area contributed by atoms with Crippen molar-refractivity contribution in [1.29, 1.82) is 0 Å². The van der Waals surface area contributed by atoms with Crippen molar-refractivity contribution in [2.45, 2.75) is 51.8 Å². The monoisotopic (exact) mass is 368 g/mol. The maximum absolute atomic E-state index is 12.8. The molecule has 1 saturated heterocycles. The van der Waals surface area contributed by atoms with Crippen LogP contribution in [0.2, 0.25) is 0 Å². The Kier molecular flexibility index (Phi) is 5.10. The first-order chi connectivity index (χ1) is 12.8. The van der Waals surface area contributed by atoms with Gasteiger partial charge in [-0.15, -0.1) is 0 Å². The van der Waals surface area contributed by atoms with Crippen molar-refractivity contribution in [3.63, 3.8) is 0 Å². The summed E-state index contributed by atoms with van der Waals surface area (Å²) in [6.45, 7) is 7.95. The molecular formula is C19H24N6O2. The SMILES string of the molecule is Cc1cccc(-n2ccnc2[C@@H]2[C@H](N=[N+]=[N-])CCN2C(=O)OC(C)(C)C)c1. The number of nitrogens with zero attached hydrogens (tertiary/aromatic N) is 6. The molecular weight excluding hydrogens is 344 g/mol. The summed E-state index contributed by atoms with van der Waals surface area (Å²) in [6.07, 6.45) is 3.68. The molecule has 1 amide bonds. The lowest BCUT2D eigenvalue weighted by Crippen LogP contribution is -2.38. The average Bonchev–Trinajstić information content (AvgIpc) is 3.19. The number of imidazole rings is 1. The molecule has 8 nitrogen and oxygen atoms in total. The quantitative estimate of drug-likeness (QED) is 0.452. The normalized spacial score (nSPS) is 19.6. The summed E-state index contributed by atoms with van der Waals surface area (Å²) in [4.78, 5) is 21.8. The standard InChI is InChI=1S/C19H24N6O2/c1-13-6-5-7-14(12-13)24-11-9-21-17(24)16-15(22-23-20)8-10-25(16)18(26)27-19(2,3)4/h5-7,9,11-12,15-16H,8,10H2,1-4H3/t15-,16+/m1/s1. The molecule has 27 heavy (non-hydrogen) atoms. The van der Waals surface area contributed by atoms with E-state index in [2.05, 4.69) is 15.0 Å². The number of carbonyl (C=O) groups excluding carboxylic acids is 1. The van der Waals surface area contributed by atoms with Gasteiger partial charge in [-0.2, -0.15) is 0 Å². The van der Waals surface area contributed by atoms with E-state index in [9.17, 15) is 4.79 Å². The van der Waals surface area contributed by atoms with E-state index in [0.29, 0.717) is 18.8 Å². The van der Waals surface area contributed by atoms with E-state index < -0.39 is 23.8 Å². The molecule has 2 aromatic rings. The number of carbonyl (C=O) groups is 1. The van der Waals surface area contributed by atoms with Crippen LogP contribution in [0, 0.1) is 6.92 Å². The zero-order valence-electron chi connectivity index (χ0n) is 16.0. The number of ether oxygens (including phenoxy) is 1. The molecule has 0 unspecified atom stereocenters. The molecule has 1 fully saturated rings. The van der Waals surface area contributed by atoms with Crippen LogP contribution >= 0.6 is 0 Å². The molecule has 8 heteroatoms. The van der Waals surface area contributed by atoms with E-state index in [4.69, 9.17) is 10.3 Å². The molecule has 2 heterocycles. The zero-order valence-corrected chi connectivity index (χ0v) is 16.0. The number of amides is 1. The van der Waals surface area contributed by atoms with Gasteiger partial charge in [0.25, 0.3) is 0 Å². The molecule has 1 aliphatic heterocycles. The summed E-state index contributed by atoms with van der Waals surface area (Å²) in [5.74, 6) is 0.654. The molecule has 0 N–H and O–H groups in total. The molecule has 3 rings (SSSR count). The number of benzene rings is 1. The number of aryl methyl sites for hydroxylation is 1. The Bertz CT molecular complexity index is 878. The van der Waals surface area contributed by atoms with Crippen molar-refractivity contribution in [2.24, 2.45) is 5.11 Å². The first kappa shape index (κ1) is 18.8. The fraction of sp³-hybridized carbons (Fsp3) is 0.474. The smallest absolute Gasteiger partial charge is 0.410 e. The van der Waals surface area contributed by atoms with Crippen molar-refractivity contribution in [1.82, 2.24) is 14.5 Å². The lowest BCUT2D eigenvalue weighted by atomic mass is 10.1. The van der Waals surface area contributed by atoms with Gasteiger partial charge in [0.05, 0.1) is 6.04 Å². The maximum atomic E-state index is 12.8. The molecule has 0 radical (unpaired) electrons. The predicted molar refractivity (Wildman–Crippen MR) is 102 cm³/mol. The molecule has 0 spiro atoms. The minimum atomic E-state index is -0.607. The van der Waals surface area contributed by atoms with Gasteiger partial charge in [-0.25, -0.2) is 9.78 Å². The molecule has 1 aliphatic rings. The van der Waals surface area contributed by atoms with Gasteiger partial charge >= 0.3 is 6.09 Å². The van der Waals surface area contributed by atoms with Gasteiger partial charge in [-0.05, 0) is 57.3 Å². The third-order valence-electron chi connectivity index (χ3n) is 4.41. The summed E-state index contributed by atoms with van der Waals surface area (Å²) in [5, 5.41) is 3.92. The van der Waals surface area contributed by atoms with Gasteiger partial charge in [0, 0.05) is 29.5 Å². The van der Waals surface area contributed by atoms with Crippen LogP contribution in [0.4, 0.5) is 4.79 Å². The molecule has 0 saturated carbocycles. The summed E-state index contributed by atoms with van der Waals surface area (Å²) >= 11 is 0. The van der Waals surface area contributed by atoms with Gasteiger partial charge in [-0.3, -0.25) is 4.90 Å². The van der Waals surface area contributed by atoms with E-state index in [1.54, 1.807) is 11.1 Å². The summed E-state index contributed by atoms with van der Waals surface area (Å²) in [6, 6.07) is 7.14. The van der Waals surface area contributed by atoms with Gasteiger partial charge in [0.15, 0.2) is 0 Å². The van der Waals surface area contributed by atoms with Crippen molar-refractivity contribution in [3.8, 4) is 5.69 Å². The van der Waals surface area contributed by atoms with Crippen LogP contribution in [0.5, 0.6) is 0 Å². The third kappa shape index (κ3) is 4.06. The minimum Gasteiger partial charge on any atom is -0.444 e. The van der Waals surface area contributed by atoms with Crippen LogP contribution in [0.15, 0.2) is 41.8 Å². The molecule has 1 aromatic heterocycles. The average molecular weight is 368 g/mol. The van der Waals surface area contributed by atoms with Gasteiger partial charge in [-0.1, -0.05) is 17.2 Å². The Balaban J connectivity index is 2.01. The molecule has 2 atom stereocenters. The fourth-order valence-corrected chi connectivity index (χ4v) is 3.33. The zero-order chi connectivity index (χ0) is 19.6. The van der Waals surface area contributed by atoms with E-state index in [1.165, 1.54) is 0 Å². The van der Waals surface area contributed by atoms with Crippen LogP contribution in [0.25, 0.3) is 16.1 Å². The van der Waals surface area contributed by atoms with Crippen molar-refractivity contribution >= 4 is 6.09 Å². The van der Waals surface area contributed by atoms with Gasteiger partial charge in [0.1, 0.15) is 17.5 Å². The lowest BCUT2D eigenvalue weighted by molar-refractivity contribution is 0.0210. The van der Waals surface area contributed by atoms with Crippen LogP contribution in [0.3, 0.4) is 0 Å². The largest absolute Gasteiger partial charge is 0.444 e. The first-order valence-corrected chi connectivity index (χ1v) is 8.94. The summed E-state index contributed by atoms with van der Waals surface area (Å²) in [7, 11) is 0. The summed E-state index contributed by atoms with van der Waals surface area (Å²) < 4.78 is 7.49. The van der Waals surface area contributed by atoms with Crippen LogP contribution in [-0.2, 0) is 4.74 Å². The number of hydrogen-bond acceptors (Lipinski definition) is 4. The predicted octanol–water partition coefficient (Wildman–Crippen LogP) is 4.54. The van der Waals surface area contributed by atoms with Gasteiger partial charge in [0.2, 0.25) is 0 Å². The van der Waals surface area contributed by atoms with Gasteiger partial charge < -0.3 is 9.30 Å². The number of hydrogen-bond donors (Lipinski definition) is 0. The third-order valence-corrected chi connectivity index (χ3v) is 4.41. The highest BCUT2D eigenvalue weighted by Crippen LogP contribution is 2.36. The van der Waals surface area contributed by atoms with Crippen molar-refractivity contribution in [2.75, 3.05) is 6.54 Å². The Morgan fingerprint density at radius 1 is 1.41 bits per heavy atom. The maximum Gasteiger partial charge on any atom is 0.410 e. The highest BCUT2D eigenvalue weighted by atomic mass is 16.6. The Labute approximate surface area is 158 Å². The van der Waals surface area contributed by atoms with Crippen molar-refractivity contribution < 1.29 is 9.53 Å². The number of azide groups is 1. The lowest BCUT2D eigenvalue weighted by Gasteiger charge is -2.29. The molecule has 0 bridgehead atoms. The second kappa shape index (κ2) is 7.32. The van der Waals surface area contributed by atoms with Crippen molar-refractivity contribution in [3.05, 3.63) is 58.5 Å². The highest BCUT2D eigenvalue weighted by molar-refractivity contribution is 5.69. The molecule has 142 valence electrons. The van der Waals surface area contributed by atoms with E-state index in [0.717, 1.165) is 11.3 Å². The van der Waals surface area contributed by atoms with E-state index >= 15 is 0 Å². The molecule has 0 aliphatic carbocycles. The highest BCUT2D eigenvalue weighted by Gasteiger charge is 2.42. The van der Waals surface area contributed by atoms with Crippen LogP contribution in [-0.4, -0.2) is 38.7 Å². The van der Waals surface area contributed by atoms with E-state index in [1.807, 2.05) is 62.7 Å². The van der Waals surface area contributed by atoms with E-state index in [-0.39, 0.29) is 0 Å². The second-order valence-electron chi connectivity index (χ2n) is 7.67. The topological polar surface area (TPSA) is 96.1 Å². The second-order valence-corrected chi connectivity index (χ2v) is 7.67. The Morgan fingerprint density at radius 2 is 2.19 bits per heavy atom. The Morgan fingerprint density at radius 3 is 2.85 bits per heavy atom. The fourth-order valence-electron chi connectivity index (χ4n) is 3.33. The first-order valence-electron chi connectivity index (χ1n) is 8.94. The number of rotatable bonds is 3. The van der Waals surface area contributed by atoms with Crippen LogP contribution < -0.4 is 0 Å². The summed E-state index contributed by atoms with van der Waals surface area (Å²) in [5.41, 5.74) is 10.4.